The lowest BCUT2D eigenvalue weighted by Gasteiger charge is -2.37. The molecule has 3 N–H and O–H groups in total. The molecule has 0 radical (unpaired) electrons. The Labute approximate surface area is 130 Å². The molecule has 1 fully saturated rings. The number of hydrogen-bond acceptors (Lipinski definition) is 5. The molecule has 0 aromatic carbocycles. The smallest absolute Gasteiger partial charge is 0.0834 e. The van der Waals surface area contributed by atoms with Gasteiger partial charge in [0.15, 0.2) is 0 Å². The molecular formula is C14H25ClN4O2. The molecule has 2 rings (SSSR count). The number of rotatable bonds is 9. The summed E-state index contributed by atoms with van der Waals surface area (Å²) in [6, 6.07) is 0.00410. The van der Waals surface area contributed by atoms with Crippen molar-refractivity contribution in [1.29, 1.82) is 0 Å². The topological polar surface area (TPSA) is 74.3 Å². The van der Waals surface area contributed by atoms with Gasteiger partial charge in [-0.15, -0.1) is 0 Å². The highest BCUT2D eigenvalue weighted by molar-refractivity contribution is 6.31. The summed E-state index contributed by atoms with van der Waals surface area (Å²) in [6.45, 7) is 4.08. The van der Waals surface area contributed by atoms with Gasteiger partial charge in [-0.05, 0) is 32.1 Å². The molecule has 1 unspecified atom stereocenters. The van der Waals surface area contributed by atoms with Crippen molar-refractivity contribution in [3.8, 4) is 0 Å². The number of hydrogen-bond donors (Lipinski definition) is 2. The van der Waals surface area contributed by atoms with Crippen LogP contribution in [-0.2, 0) is 16.0 Å². The summed E-state index contributed by atoms with van der Waals surface area (Å²) in [6.07, 6.45) is 5.21. The van der Waals surface area contributed by atoms with Crippen LogP contribution in [-0.4, -0.2) is 36.2 Å². The highest BCUT2D eigenvalue weighted by Crippen LogP contribution is 2.38. The number of halogens is 1. The second kappa shape index (κ2) is 8.10. The number of aromatic nitrogens is 2. The SMILES string of the molecule is CCOC1CC(CC(NN)c2c(Cl)cnn2CCOC)C1. The minimum atomic E-state index is 0.00410. The van der Waals surface area contributed by atoms with Crippen LogP contribution in [0.4, 0.5) is 0 Å². The lowest BCUT2D eigenvalue weighted by Crippen LogP contribution is -2.37. The van der Waals surface area contributed by atoms with Crippen molar-refractivity contribution in [2.24, 2.45) is 11.8 Å². The van der Waals surface area contributed by atoms with Crippen LogP contribution < -0.4 is 11.3 Å². The predicted molar refractivity (Wildman–Crippen MR) is 81.9 cm³/mol. The van der Waals surface area contributed by atoms with Gasteiger partial charge in [0.05, 0.1) is 42.2 Å². The molecule has 0 spiro atoms. The van der Waals surface area contributed by atoms with Crippen LogP contribution >= 0.6 is 11.6 Å². The van der Waals surface area contributed by atoms with E-state index in [-0.39, 0.29) is 6.04 Å². The molecule has 1 aromatic rings. The summed E-state index contributed by atoms with van der Waals surface area (Å²) in [5, 5.41) is 4.95. The molecule has 1 atom stereocenters. The maximum absolute atomic E-state index is 6.28. The van der Waals surface area contributed by atoms with Crippen molar-refractivity contribution in [2.45, 2.75) is 44.9 Å². The first-order chi connectivity index (χ1) is 10.2. The number of hydrazine groups is 1. The van der Waals surface area contributed by atoms with E-state index < -0.39 is 0 Å². The molecule has 0 saturated heterocycles. The number of nitrogens with zero attached hydrogens (tertiary/aromatic N) is 2. The van der Waals surface area contributed by atoms with Crippen molar-refractivity contribution >= 4 is 11.6 Å². The van der Waals surface area contributed by atoms with Gasteiger partial charge in [-0.1, -0.05) is 11.6 Å². The van der Waals surface area contributed by atoms with E-state index in [4.69, 9.17) is 26.9 Å². The van der Waals surface area contributed by atoms with Gasteiger partial charge >= 0.3 is 0 Å². The van der Waals surface area contributed by atoms with Crippen LogP contribution in [0.3, 0.4) is 0 Å². The fourth-order valence-electron chi connectivity index (χ4n) is 2.90. The van der Waals surface area contributed by atoms with Crippen molar-refractivity contribution in [3.05, 3.63) is 16.9 Å². The first-order valence-corrected chi connectivity index (χ1v) is 7.85. The average molecular weight is 317 g/mol. The van der Waals surface area contributed by atoms with Crippen molar-refractivity contribution < 1.29 is 9.47 Å². The first kappa shape index (κ1) is 16.7. The van der Waals surface area contributed by atoms with E-state index in [2.05, 4.69) is 10.5 Å². The minimum absolute atomic E-state index is 0.00410. The van der Waals surface area contributed by atoms with Crippen LogP contribution in [0, 0.1) is 5.92 Å². The van der Waals surface area contributed by atoms with Gasteiger partial charge in [0.1, 0.15) is 0 Å². The quantitative estimate of drug-likeness (QED) is 0.537. The van der Waals surface area contributed by atoms with E-state index in [0.717, 1.165) is 31.6 Å². The molecule has 1 aromatic heterocycles. The summed E-state index contributed by atoms with van der Waals surface area (Å²) in [4.78, 5) is 0. The molecular weight excluding hydrogens is 292 g/mol. The molecule has 1 aliphatic rings. The Morgan fingerprint density at radius 2 is 2.33 bits per heavy atom. The van der Waals surface area contributed by atoms with Crippen molar-refractivity contribution in [1.82, 2.24) is 15.2 Å². The summed E-state index contributed by atoms with van der Waals surface area (Å²) >= 11 is 6.28. The Hall–Kier alpha value is -0.660. The van der Waals surface area contributed by atoms with Gasteiger partial charge in [0, 0.05) is 13.7 Å². The van der Waals surface area contributed by atoms with Gasteiger partial charge in [-0.25, -0.2) is 0 Å². The van der Waals surface area contributed by atoms with Crippen LogP contribution in [0.15, 0.2) is 6.20 Å². The highest BCUT2D eigenvalue weighted by atomic mass is 35.5. The fraction of sp³-hybridized carbons (Fsp3) is 0.786. The van der Waals surface area contributed by atoms with E-state index in [9.17, 15) is 0 Å². The van der Waals surface area contributed by atoms with Gasteiger partial charge in [-0.2, -0.15) is 5.10 Å². The first-order valence-electron chi connectivity index (χ1n) is 7.47. The zero-order valence-corrected chi connectivity index (χ0v) is 13.5. The zero-order chi connectivity index (χ0) is 15.2. The van der Waals surface area contributed by atoms with E-state index in [1.807, 2.05) is 11.6 Å². The maximum atomic E-state index is 6.28. The van der Waals surface area contributed by atoms with Gasteiger partial charge in [0.25, 0.3) is 0 Å². The van der Waals surface area contributed by atoms with E-state index in [1.165, 1.54) is 0 Å². The molecule has 6 nitrogen and oxygen atoms in total. The van der Waals surface area contributed by atoms with E-state index >= 15 is 0 Å². The Bertz CT molecular complexity index is 435. The lowest BCUT2D eigenvalue weighted by molar-refractivity contribution is -0.0293. The summed E-state index contributed by atoms with van der Waals surface area (Å²) in [5.74, 6) is 6.35. The van der Waals surface area contributed by atoms with E-state index in [0.29, 0.717) is 30.2 Å². The number of nitrogens with two attached hydrogens (primary N) is 1. The van der Waals surface area contributed by atoms with Gasteiger partial charge in [0.2, 0.25) is 0 Å². The van der Waals surface area contributed by atoms with Crippen molar-refractivity contribution in [2.75, 3.05) is 20.3 Å². The maximum Gasteiger partial charge on any atom is 0.0834 e. The molecule has 1 heterocycles. The monoisotopic (exact) mass is 316 g/mol. The van der Waals surface area contributed by atoms with Crippen molar-refractivity contribution in [3.63, 3.8) is 0 Å². The minimum Gasteiger partial charge on any atom is -0.383 e. The molecule has 0 aliphatic heterocycles. The summed E-state index contributed by atoms with van der Waals surface area (Å²) in [7, 11) is 1.67. The second-order valence-corrected chi connectivity index (χ2v) is 5.87. The third-order valence-electron chi connectivity index (χ3n) is 4.04. The number of ether oxygens (including phenoxy) is 2. The van der Waals surface area contributed by atoms with Crippen LogP contribution in [0.2, 0.25) is 5.02 Å². The zero-order valence-electron chi connectivity index (χ0n) is 12.7. The second-order valence-electron chi connectivity index (χ2n) is 5.46. The van der Waals surface area contributed by atoms with Crippen LogP contribution in [0.5, 0.6) is 0 Å². The summed E-state index contributed by atoms with van der Waals surface area (Å²) < 4.78 is 12.6. The Morgan fingerprint density at radius 3 is 2.95 bits per heavy atom. The third-order valence-corrected chi connectivity index (χ3v) is 4.33. The van der Waals surface area contributed by atoms with Crippen LogP contribution in [0.25, 0.3) is 0 Å². The highest BCUT2D eigenvalue weighted by Gasteiger charge is 2.33. The summed E-state index contributed by atoms with van der Waals surface area (Å²) in [5.41, 5.74) is 3.82. The molecule has 120 valence electrons. The molecule has 21 heavy (non-hydrogen) atoms. The number of nitrogens with one attached hydrogen (secondary N) is 1. The molecule has 0 amide bonds. The largest absolute Gasteiger partial charge is 0.383 e. The normalized spacial score (nSPS) is 23.0. The van der Waals surface area contributed by atoms with Gasteiger partial charge < -0.3 is 9.47 Å². The van der Waals surface area contributed by atoms with Gasteiger partial charge in [-0.3, -0.25) is 16.0 Å². The molecule has 7 heteroatoms. The lowest BCUT2D eigenvalue weighted by atomic mass is 9.78. The molecule has 0 bridgehead atoms. The average Bonchev–Trinajstić information content (AvgIpc) is 2.80. The standard InChI is InChI=1S/C14H25ClN4O2/c1-3-21-11-6-10(7-11)8-13(18-16)14-12(15)9-17-19(14)4-5-20-2/h9-11,13,18H,3-8,16H2,1-2H3. The molecule has 1 aliphatic carbocycles. The Kier molecular flexibility index (Phi) is 6.44. The Balaban J connectivity index is 1.96. The van der Waals surface area contributed by atoms with Crippen LogP contribution in [0.1, 0.15) is 37.9 Å². The number of methoxy groups -OCH3 is 1. The third kappa shape index (κ3) is 4.17. The fourth-order valence-corrected chi connectivity index (χ4v) is 3.18. The Morgan fingerprint density at radius 1 is 1.57 bits per heavy atom. The molecule has 1 saturated carbocycles. The predicted octanol–water partition coefficient (Wildman–Crippen LogP) is 1.89. The van der Waals surface area contributed by atoms with E-state index in [1.54, 1.807) is 13.3 Å².